The molecule has 128 valence electrons. The summed E-state index contributed by atoms with van der Waals surface area (Å²) in [6, 6.07) is -0.743. The lowest BCUT2D eigenvalue weighted by Crippen LogP contribution is -2.58. The standard InChI is InChI=1S/C14H21N3O6/c1-3-22-12(19)8-15-6-5-10-7-11(18)16(17(10)14(15)21)9-13(20)23-4-2/h10H,3-9H2,1-2H3. The highest BCUT2D eigenvalue weighted by atomic mass is 16.5. The molecule has 2 rings (SSSR count). The van der Waals surface area contributed by atoms with Crippen molar-refractivity contribution < 1.29 is 28.7 Å². The first-order chi connectivity index (χ1) is 11.0. The van der Waals surface area contributed by atoms with Crippen LogP contribution in [0, 0.1) is 0 Å². The van der Waals surface area contributed by atoms with Gasteiger partial charge in [0.05, 0.1) is 25.7 Å². The van der Waals surface area contributed by atoms with Gasteiger partial charge >= 0.3 is 18.0 Å². The molecule has 0 bridgehead atoms. The number of ether oxygens (including phenoxy) is 2. The number of carbonyl (C=O) groups excluding carboxylic acids is 4. The molecule has 2 saturated heterocycles. The zero-order chi connectivity index (χ0) is 17.0. The number of amides is 3. The summed E-state index contributed by atoms with van der Waals surface area (Å²) in [5.41, 5.74) is 0. The van der Waals surface area contributed by atoms with Gasteiger partial charge in [0.1, 0.15) is 13.1 Å². The predicted octanol–water partition coefficient (Wildman–Crippen LogP) is -0.244. The van der Waals surface area contributed by atoms with E-state index >= 15 is 0 Å². The monoisotopic (exact) mass is 327 g/mol. The lowest BCUT2D eigenvalue weighted by Gasteiger charge is -2.39. The van der Waals surface area contributed by atoms with Crippen LogP contribution in [0.3, 0.4) is 0 Å². The molecule has 23 heavy (non-hydrogen) atoms. The summed E-state index contributed by atoms with van der Waals surface area (Å²) in [7, 11) is 0. The van der Waals surface area contributed by atoms with Gasteiger partial charge in [0.2, 0.25) is 5.91 Å². The van der Waals surface area contributed by atoms with Gasteiger partial charge in [-0.2, -0.15) is 0 Å². The van der Waals surface area contributed by atoms with Crippen LogP contribution in [0.4, 0.5) is 4.79 Å². The molecule has 0 aliphatic carbocycles. The zero-order valence-electron chi connectivity index (χ0n) is 13.3. The number of esters is 2. The summed E-state index contributed by atoms with van der Waals surface area (Å²) in [6.45, 7) is 3.69. The van der Waals surface area contributed by atoms with Crippen molar-refractivity contribution in [2.75, 3.05) is 32.8 Å². The Bertz CT molecular complexity index is 509. The SMILES string of the molecule is CCOC(=O)CN1CCC2CC(=O)N(CC(=O)OCC)N2C1=O. The van der Waals surface area contributed by atoms with Crippen LogP contribution in [0.5, 0.6) is 0 Å². The van der Waals surface area contributed by atoms with Crippen LogP contribution in [0.2, 0.25) is 0 Å². The Morgan fingerprint density at radius 1 is 1.09 bits per heavy atom. The molecular formula is C14H21N3O6. The van der Waals surface area contributed by atoms with E-state index in [1.807, 2.05) is 0 Å². The molecule has 0 aromatic rings. The van der Waals surface area contributed by atoms with Crippen LogP contribution in [-0.4, -0.2) is 77.7 Å². The van der Waals surface area contributed by atoms with Crippen molar-refractivity contribution in [3.63, 3.8) is 0 Å². The van der Waals surface area contributed by atoms with E-state index < -0.39 is 18.0 Å². The molecule has 2 heterocycles. The van der Waals surface area contributed by atoms with E-state index in [4.69, 9.17) is 9.47 Å². The van der Waals surface area contributed by atoms with Crippen molar-refractivity contribution in [1.82, 2.24) is 14.9 Å². The van der Waals surface area contributed by atoms with Crippen molar-refractivity contribution in [3.8, 4) is 0 Å². The molecule has 0 N–H and O–H groups in total. The minimum absolute atomic E-state index is 0.169. The molecule has 9 nitrogen and oxygen atoms in total. The van der Waals surface area contributed by atoms with Gasteiger partial charge < -0.3 is 14.4 Å². The van der Waals surface area contributed by atoms with Crippen molar-refractivity contribution in [1.29, 1.82) is 0 Å². The minimum atomic E-state index is -0.572. The Balaban J connectivity index is 2.06. The van der Waals surface area contributed by atoms with Crippen LogP contribution in [0.1, 0.15) is 26.7 Å². The molecule has 0 aromatic heterocycles. The lowest BCUT2D eigenvalue weighted by molar-refractivity contribution is -0.155. The largest absolute Gasteiger partial charge is 0.465 e. The number of urea groups is 1. The van der Waals surface area contributed by atoms with Gasteiger partial charge in [-0.05, 0) is 20.3 Å². The fourth-order valence-corrected chi connectivity index (χ4v) is 2.74. The second kappa shape index (κ2) is 7.30. The molecule has 2 aliphatic heterocycles. The van der Waals surface area contributed by atoms with Crippen LogP contribution >= 0.6 is 0 Å². The highest BCUT2D eigenvalue weighted by Crippen LogP contribution is 2.28. The van der Waals surface area contributed by atoms with Gasteiger partial charge in [0.15, 0.2) is 0 Å². The Hall–Kier alpha value is -2.32. The molecule has 2 aliphatic rings. The summed E-state index contributed by atoms with van der Waals surface area (Å²) >= 11 is 0. The van der Waals surface area contributed by atoms with E-state index in [0.717, 1.165) is 5.01 Å². The van der Waals surface area contributed by atoms with Gasteiger partial charge in [-0.25, -0.2) is 14.8 Å². The topological polar surface area (TPSA) is 96.5 Å². The third-order valence-corrected chi connectivity index (χ3v) is 3.71. The van der Waals surface area contributed by atoms with Crippen LogP contribution in [0.15, 0.2) is 0 Å². The molecule has 0 saturated carbocycles. The maximum atomic E-state index is 12.5. The summed E-state index contributed by atoms with van der Waals surface area (Å²) < 4.78 is 9.67. The number of hydrogen-bond donors (Lipinski definition) is 0. The summed E-state index contributed by atoms with van der Waals surface area (Å²) in [6.07, 6.45) is 0.731. The Morgan fingerprint density at radius 3 is 2.30 bits per heavy atom. The Morgan fingerprint density at radius 2 is 1.70 bits per heavy atom. The second-order valence-corrected chi connectivity index (χ2v) is 5.26. The number of rotatable bonds is 6. The first kappa shape index (κ1) is 17.0. The summed E-state index contributed by atoms with van der Waals surface area (Å²) in [5, 5.41) is 2.38. The average Bonchev–Trinajstić information content (AvgIpc) is 2.79. The van der Waals surface area contributed by atoms with Crippen molar-refractivity contribution in [2.24, 2.45) is 0 Å². The van der Waals surface area contributed by atoms with Gasteiger partial charge in [-0.15, -0.1) is 0 Å². The van der Waals surface area contributed by atoms with E-state index in [1.165, 1.54) is 9.91 Å². The van der Waals surface area contributed by atoms with Crippen LogP contribution < -0.4 is 0 Å². The van der Waals surface area contributed by atoms with E-state index in [1.54, 1.807) is 13.8 Å². The quantitative estimate of drug-likeness (QED) is 0.625. The molecule has 1 atom stereocenters. The highest BCUT2D eigenvalue weighted by Gasteiger charge is 2.46. The fraction of sp³-hybridized carbons (Fsp3) is 0.714. The van der Waals surface area contributed by atoms with Gasteiger partial charge in [-0.3, -0.25) is 14.4 Å². The molecule has 2 fully saturated rings. The van der Waals surface area contributed by atoms with E-state index in [9.17, 15) is 19.2 Å². The third kappa shape index (κ3) is 3.72. The number of nitrogens with zero attached hydrogens (tertiary/aromatic N) is 3. The van der Waals surface area contributed by atoms with E-state index in [0.29, 0.717) is 13.0 Å². The first-order valence-corrected chi connectivity index (χ1v) is 7.67. The maximum Gasteiger partial charge on any atom is 0.339 e. The summed E-state index contributed by atoms with van der Waals surface area (Å²) in [4.78, 5) is 49.1. The first-order valence-electron chi connectivity index (χ1n) is 7.67. The molecule has 9 heteroatoms. The Kier molecular flexibility index (Phi) is 5.41. The van der Waals surface area contributed by atoms with Crippen LogP contribution in [-0.2, 0) is 23.9 Å². The Labute approximate surface area is 134 Å². The third-order valence-electron chi connectivity index (χ3n) is 3.71. The van der Waals surface area contributed by atoms with E-state index in [-0.39, 0.29) is 44.7 Å². The van der Waals surface area contributed by atoms with Crippen molar-refractivity contribution >= 4 is 23.9 Å². The predicted molar refractivity (Wildman–Crippen MR) is 76.8 cm³/mol. The van der Waals surface area contributed by atoms with Gasteiger partial charge in [0.25, 0.3) is 0 Å². The molecule has 0 radical (unpaired) electrons. The van der Waals surface area contributed by atoms with E-state index in [2.05, 4.69) is 0 Å². The molecular weight excluding hydrogens is 306 g/mol. The molecule has 1 unspecified atom stereocenters. The fourth-order valence-electron chi connectivity index (χ4n) is 2.74. The normalized spacial score (nSPS) is 20.6. The number of hydrogen-bond acceptors (Lipinski definition) is 6. The zero-order valence-corrected chi connectivity index (χ0v) is 13.3. The second-order valence-electron chi connectivity index (χ2n) is 5.26. The molecule has 0 spiro atoms. The van der Waals surface area contributed by atoms with Crippen molar-refractivity contribution in [2.45, 2.75) is 32.7 Å². The van der Waals surface area contributed by atoms with Gasteiger partial charge in [-0.1, -0.05) is 0 Å². The van der Waals surface area contributed by atoms with Crippen molar-refractivity contribution in [3.05, 3.63) is 0 Å². The molecule has 3 amide bonds. The average molecular weight is 327 g/mol. The smallest absolute Gasteiger partial charge is 0.339 e. The van der Waals surface area contributed by atoms with Gasteiger partial charge in [0, 0.05) is 6.54 Å². The number of carbonyl (C=O) groups is 4. The number of hydrazine groups is 1. The summed E-state index contributed by atoms with van der Waals surface area (Å²) in [5.74, 6) is -1.37. The highest BCUT2D eigenvalue weighted by molar-refractivity contribution is 5.90. The minimum Gasteiger partial charge on any atom is -0.465 e. The van der Waals surface area contributed by atoms with Crippen LogP contribution in [0.25, 0.3) is 0 Å². The lowest BCUT2D eigenvalue weighted by atomic mass is 10.1. The maximum absolute atomic E-state index is 12.5. The molecule has 0 aromatic carbocycles. The number of fused-ring (bicyclic) bond motifs is 1.